The SMILES string of the molecule is CN1CCN(c2cccc(-c3cc(N)on3)c2)C(=O)C1=O. The van der Waals surface area contributed by atoms with Crippen LogP contribution in [0, 0.1) is 0 Å². The lowest BCUT2D eigenvalue weighted by Crippen LogP contribution is -2.53. The van der Waals surface area contributed by atoms with Gasteiger partial charge in [0.15, 0.2) is 0 Å². The van der Waals surface area contributed by atoms with Crippen LogP contribution in [0.15, 0.2) is 34.9 Å². The van der Waals surface area contributed by atoms with Crippen LogP contribution >= 0.6 is 0 Å². The first-order chi connectivity index (χ1) is 10.1. The van der Waals surface area contributed by atoms with Gasteiger partial charge in [0.2, 0.25) is 5.88 Å². The summed E-state index contributed by atoms with van der Waals surface area (Å²) in [6.07, 6.45) is 0. The summed E-state index contributed by atoms with van der Waals surface area (Å²) in [5.74, 6) is -0.806. The molecular weight excluding hydrogens is 272 g/mol. The minimum atomic E-state index is -0.527. The lowest BCUT2D eigenvalue weighted by Gasteiger charge is -2.31. The van der Waals surface area contributed by atoms with Crippen LogP contribution < -0.4 is 10.6 Å². The van der Waals surface area contributed by atoms with Crippen molar-refractivity contribution in [3.63, 3.8) is 0 Å². The van der Waals surface area contributed by atoms with Gasteiger partial charge in [-0.2, -0.15) is 0 Å². The highest BCUT2D eigenvalue weighted by atomic mass is 16.5. The van der Waals surface area contributed by atoms with Crippen molar-refractivity contribution in [2.45, 2.75) is 0 Å². The Hall–Kier alpha value is -2.83. The maximum absolute atomic E-state index is 12.1. The van der Waals surface area contributed by atoms with Gasteiger partial charge in [0, 0.05) is 37.5 Å². The molecule has 0 saturated carbocycles. The van der Waals surface area contributed by atoms with Gasteiger partial charge in [0.05, 0.1) is 0 Å². The second kappa shape index (κ2) is 4.93. The molecule has 0 radical (unpaired) electrons. The summed E-state index contributed by atoms with van der Waals surface area (Å²) in [4.78, 5) is 26.7. The molecule has 2 N–H and O–H groups in total. The Morgan fingerprint density at radius 3 is 2.71 bits per heavy atom. The Bertz CT molecular complexity index is 710. The van der Waals surface area contributed by atoms with Crippen molar-refractivity contribution >= 4 is 23.4 Å². The average molecular weight is 286 g/mol. The van der Waals surface area contributed by atoms with Crippen LogP contribution in [0.3, 0.4) is 0 Å². The summed E-state index contributed by atoms with van der Waals surface area (Å²) >= 11 is 0. The first-order valence-electron chi connectivity index (χ1n) is 6.46. The normalized spacial score (nSPS) is 15.7. The van der Waals surface area contributed by atoms with E-state index in [0.717, 1.165) is 5.56 Å². The van der Waals surface area contributed by atoms with Gasteiger partial charge in [-0.3, -0.25) is 9.59 Å². The summed E-state index contributed by atoms with van der Waals surface area (Å²) < 4.78 is 4.84. The quantitative estimate of drug-likeness (QED) is 0.821. The number of benzene rings is 1. The van der Waals surface area contributed by atoms with E-state index < -0.39 is 11.8 Å². The highest BCUT2D eigenvalue weighted by molar-refractivity contribution is 6.40. The van der Waals surface area contributed by atoms with Crippen LogP contribution in [0.1, 0.15) is 0 Å². The highest BCUT2D eigenvalue weighted by Crippen LogP contribution is 2.26. The number of rotatable bonds is 2. The molecule has 0 spiro atoms. The van der Waals surface area contributed by atoms with E-state index in [0.29, 0.717) is 24.5 Å². The minimum absolute atomic E-state index is 0.223. The average Bonchev–Trinajstić information content (AvgIpc) is 2.92. The molecule has 1 aromatic carbocycles. The van der Waals surface area contributed by atoms with E-state index in [1.165, 1.54) is 9.80 Å². The number of anilines is 2. The maximum Gasteiger partial charge on any atom is 0.316 e. The Morgan fingerprint density at radius 1 is 1.19 bits per heavy atom. The number of aromatic nitrogens is 1. The predicted octanol–water partition coefficient (Wildman–Crippen LogP) is 0.729. The van der Waals surface area contributed by atoms with E-state index in [4.69, 9.17) is 10.3 Å². The molecule has 3 rings (SSSR count). The largest absolute Gasteiger partial charge is 0.368 e. The van der Waals surface area contributed by atoms with Crippen LogP contribution in [-0.4, -0.2) is 42.0 Å². The molecule has 0 bridgehead atoms. The van der Waals surface area contributed by atoms with Crippen LogP contribution in [0.25, 0.3) is 11.3 Å². The zero-order valence-electron chi connectivity index (χ0n) is 11.4. The Kier molecular flexibility index (Phi) is 3.09. The van der Waals surface area contributed by atoms with E-state index >= 15 is 0 Å². The van der Waals surface area contributed by atoms with Gasteiger partial charge in [0.25, 0.3) is 0 Å². The maximum atomic E-state index is 12.1. The van der Waals surface area contributed by atoms with E-state index in [-0.39, 0.29) is 5.88 Å². The van der Waals surface area contributed by atoms with Gasteiger partial charge in [0.1, 0.15) is 5.69 Å². The number of hydrogen-bond donors (Lipinski definition) is 1. The monoisotopic (exact) mass is 286 g/mol. The van der Waals surface area contributed by atoms with Gasteiger partial charge in [-0.1, -0.05) is 17.3 Å². The summed E-state index contributed by atoms with van der Waals surface area (Å²) in [7, 11) is 1.62. The van der Waals surface area contributed by atoms with Crippen molar-refractivity contribution in [2.24, 2.45) is 0 Å². The molecule has 108 valence electrons. The molecule has 7 heteroatoms. The van der Waals surface area contributed by atoms with Crippen molar-refractivity contribution in [3.05, 3.63) is 30.3 Å². The molecule has 2 heterocycles. The first kappa shape index (κ1) is 13.2. The molecule has 1 aromatic heterocycles. The molecule has 1 aliphatic rings. The predicted molar refractivity (Wildman–Crippen MR) is 76.3 cm³/mol. The number of hydrogen-bond acceptors (Lipinski definition) is 5. The highest BCUT2D eigenvalue weighted by Gasteiger charge is 2.31. The fraction of sp³-hybridized carbons (Fsp3) is 0.214. The standard InChI is InChI=1S/C14H14N4O3/c1-17-5-6-18(14(20)13(17)19)10-4-2-3-9(7-10)11-8-12(15)21-16-11/h2-4,7-8H,5-6,15H2,1H3. The lowest BCUT2D eigenvalue weighted by atomic mass is 10.1. The van der Waals surface area contributed by atoms with Crippen LogP contribution in [-0.2, 0) is 9.59 Å². The number of amides is 2. The van der Waals surface area contributed by atoms with Gasteiger partial charge in [-0.25, -0.2) is 0 Å². The number of nitrogens with two attached hydrogens (primary N) is 1. The Balaban J connectivity index is 1.93. The van der Waals surface area contributed by atoms with Gasteiger partial charge < -0.3 is 20.1 Å². The molecular formula is C14H14N4O3. The Labute approximate surface area is 120 Å². The van der Waals surface area contributed by atoms with E-state index in [9.17, 15) is 9.59 Å². The van der Waals surface area contributed by atoms with Crippen molar-refractivity contribution in [2.75, 3.05) is 30.8 Å². The summed E-state index contributed by atoms with van der Waals surface area (Å²) in [5, 5.41) is 3.84. The first-order valence-corrected chi connectivity index (χ1v) is 6.46. The fourth-order valence-corrected chi connectivity index (χ4v) is 2.24. The molecule has 1 fully saturated rings. The van der Waals surface area contributed by atoms with Gasteiger partial charge >= 0.3 is 11.8 Å². The molecule has 1 aliphatic heterocycles. The molecule has 0 aliphatic carbocycles. The summed E-state index contributed by atoms with van der Waals surface area (Å²) in [6, 6.07) is 8.81. The molecule has 2 amide bonds. The molecule has 1 saturated heterocycles. The number of nitrogen functional groups attached to an aromatic ring is 1. The molecule has 2 aromatic rings. The fourth-order valence-electron chi connectivity index (χ4n) is 2.24. The van der Waals surface area contributed by atoms with E-state index in [1.807, 2.05) is 6.07 Å². The number of carbonyl (C=O) groups excluding carboxylic acids is 2. The zero-order valence-corrected chi connectivity index (χ0v) is 11.4. The minimum Gasteiger partial charge on any atom is -0.368 e. The van der Waals surface area contributed by atoms with Gasteiger partial charge in [-0.15, -0.1) is 0 Å². The van der Waals surface area contributed by atoms with E-state index in [2.05, 4.69) is 5.16 Å². The second-order valence-corrected chi connectivity index (χ2v) is 4.85. The lowest BCUT2D eigenvalue weighted by molar-refractivity contribution is -0.145. The van der Waals surface area contributed by atoms with Crippen molar-refractivity contribution in [1.29, 1.82) is 0 Å². The third-order valence-electron chi connectivity index (χ3n) is 3.42. The number of likely N-dealkylation sites (N-methyl/N-ethyl adjacent to an activating group) is 1. The van der Waals surface area contributed by atoms with Crippen LogP contribution in [0.2, 0.25) is 0 Å². The van der Waals surface area contributed by atoms with Crippen LogP contribution in [0.5, 0.6) is 0 Å². The molecule has 21 heavy (non-hydrogen) atoms. The van der Waals surface area contributed by atoms with Crippen molar-refractivity contribution < 1.29 is 14.1 Å². The molecule has 0 atom stereocenters. The topological polar surface area (TPSA) is 92.7 Å². The van der Waals surface area contributed by atoms with Gasteiger partial charge in [-0.05, 0) is 12.1 Å². The molecule has 7 nitrogen and oxygen atoms in total. The van der Waals surface area contributed by atoms with E-state index in [1.54, 1.807) is 31.3 Å². The third kappa shape index (κ3) is 2.33. The zero-order chi connectivity index (χ0) is 15.0. The summed E-state index contributed by atoms with van der Waals surface area (Å²) in [5.41, 5.74) is 7.52. The Morgan fingerprint density at radius 2 is 2.00 bits per heavy atom. The number of piperazine rings is 1. The second-order valence-electron chi connectivity index (χ2n) is 4.85. The van der Waals surface area contributed by atoms with Crippen molar-refractivity contribution in [3.8, 4) is 11.3 Å². The number of carbonyl (C=O) groups is 2. The van der Waals surface area contributed by atoms with Crippen LogP contribution in [0.4, 0.5) is 11.6 Å². The summed E-state index contributed by atoms with van der Waals surface area (Å²) in [6.45, 7) is 0.969. The van der Waals surface area contributed by atoms with Crippen molar-refractivity contribution in [1.82, 2.24) is 10.1 Å². The molecule has 0 unspecified atom stereocenters. The third-order valence-corrected chi connectivity index (χ3v) is 3.42. The number of nitrogens with zero attached hydrogens (tertiary/aromatic N) is 3. The smallest absolute Gasteiger partial charge is 0.316 e.